The molecule has 1 aromatic carbocycles. The number of pyridine rings is 1. The number of aromatic nitrogens is 1. The van der Waals surface area contributed by atoms with Crippen molar-refractivity contribution in [2.24, 2.45) is 10.9 Å². The Labute approximate surface area is 202 Å². The molecule has 2 N–H and O–H groups in total. The summed E-state index contributed by atoms with van der Waals surface area (Å²) in [7, 11) is 1.79. The van der Waals surface area contributed by atoms with Crippen molar-refractivity contribution in [3.63, 3.8) is 0 Å². The number of hydrogen-bond acceptors (Lipinski definition) is 3. The number of nitrogens with one attached hydrogen (secondary N) is 2. The van der Waals surface area contributed by atoms with Crippen LogP contribution >= 0.6 is 35.6 Å². The molecule has 0 saturated carbocycles. The topological polar surface area (TPSA) is 52.6 Å². The zero-order valence-corrected chi connectivity index (χ0v) is 21.0. The Morgan fingerprint density at radius 2 is 1.73 bits per heavy atom. The van der Waals surface area contributed by atoms with E-state index in [1.165, 1.54) is 37.1 Å². The molecule has 164 valence electrons. The number of piperidine rings is 1. The second-order valence-corrected chi connectivity index (χ2v) is 8.25. The fourth-order valence-electron chi connectivity index (χ4n) is 3.53. The number of benzene rings is 1. The number of halogens is 2. The smallest absolute Gasteiger partial charge is 0.191 e. The molecule has 5 nitrogen and oxygen atoms in total. The van der Waals surface area contributed by atoms with Gasteiger partial charge < -0.3 is 10.6 Å². The van der Waals surface area contributed by atoms with Crippen LogP contribution in [0.2, 0.25) is 5.15 Å². The molecule has 3 rings (SSSR count). The van der Waals surface area contributed by atoms with Crippen molar-refractivity contribution in [2.45, 2.75) is 39.3 Å². The standard InChI is InChI=1S/C23H32ClN5.HI/c1-18-10-13-29(14-11-18)17-21-5-3-19(4-6-21)16-28-23(25-2)26-12-9-20-7-8-22(24)27-15-20;/h3-8,15,18H,9-14,16-17H2,1-2H3,(H2,25,26,28);1H. The first kappa shape index (κ1) is 24.9. The van der Waals surface area contributed by atoms with E-state index in [1.807, 2.05) is 18.3 Å². The van der Waals surface area contributed by atoms with Crippen LogP contribution in [-0.2, 0) is 19.5 Å². The van der Waals surface area contributed by atoms with Crippen LogP contribution in [0.15, 0.2) is 47.6 Å². The van der Waals surface area contributed by atoms with Gasteiger partial charge >= 0.3 is 0 Å². The number of hydrogen-bond donors (Lipinski definition) is 2. The van der Waals surface area contributed by atoms with Gasteiger partial charge in [-0.25, -0.2) is 4.98 Å². The van der Waals surface area contributed by atoms with Crippen LogP contribution in [0.1, 0.15) is 36.5 Å². The second-order valence-electron chi connectivity index (χ2n) is 7.87. The zero-order valence-electron chi connectivity index (χ0n) is 17.9. The Bertz CT molecular complexity index is 771. The van der Waals surface area contributed by atoms with Crippen molar-refractivity contribution in [2.75, 3.05) is 26.7 Å². The monoisotopic (exact) mass is 541 g/mol. The summed E-state index contributed by atoms with van der Waals surface area (Å²) < 4.78 is 0. The molecule has 1 aromatic heterocycles. The minimum absolute atomic E-state index is 0. The van der Waals surface area contributed by atoms with E-state index < -0.39 is 0 Å². The molecule has 0 aliphatic carbocycles. The molecule has 0 radical (unpaired) electrons. The van der Waals surface area contributed by atoms with E-state index in [9.17, 15) is 0 Å². The summed E-state index contributed by atoms with van der Waals surface area (Å²) in [5.41, 5.74) is 3.80. The van der Waals surface area contributed by atoms with Crippen molar-refractivity contribution >= 4 is 41.5 Å². The highest BCUT2D eigenvalue weighted by atomic mass is 127. The van der Waals surface area contributed by atoms with Crippen LogP contribution in [0.5, 0.6) is 0 Å². The fourth-order valence-corrected chi connectivity index (χ4v) is 3.64. The molecule has 7 heteroatoms. The lowest BCUT2D eigenvalue weighted by Gasteiger charge is -2.30. The fraction of sp³-hybridized carbons (Fsp3) is 0.478. The molecule has 0 bridgehead atoms. The van der Waals surface area contributed by atoms with Crippen molar-refractivity contribution in [1.82, 2.24) is 20.5 Å². The highest BCUT2D eigenvalue weighted by Gasteiger charge is 2.15. The number of nitrogens with zero attached hydrogens (tertiary/aromatic N) is 3. The van der Waals surface area contributed by atoms with E-state index in [2.05, 4.69) is 56.7 Å². The van der Waals surface area contributed by atoms with E-state index in [4.69, 9.17) is 11.6 Å². The lowest BCUT2D eigenvalue weighted by atomic mass is 9.99. The predicted molar refractivity (Wildman–Crippen MR) is 137 cm³/mol. The molecule has 0 amide bonds. The van der Waals surface area contributed by atoms with Gasteiger partial charge in [0.1, 0.15) is 5.15 Å². The summed E-state index contributed by atoms with van der Waals surface area (Å²) in [6.07, 6.45) is 5.33. The minimum atomic E-state index is 0. The van der Waals surface area contributed by atoms with Crippen LogP contribution in [-0.4, -0.2) is 42.5 Å². The summed E-state index contributed by atoms with van der Waals surface area (Å²) in [6, 6.07) is 12.7. The van der Waals surface area contributed by atoms with Gasteiger partial charge in [0.25, 0.3) is 0 Å². The van der Waals surface area contributed by atoms with Gasteiger partial charge in [-0.3, -0.25) is 9.89 Å². The van der Waals surface area contributed by atoms with E-state index in [0.29, 0.717) is 5.15 Å². The number of aliphatic imine (C=N–C) groups is 1. The van der Waals surface area contributed by atoms with Gasteiger partial charge in [0.15, 0.2) is 5.96 Å². The molecule has 2 heterocycles. The van der Waals surface area contributed by atoms with Gasteiger partial charge in [-0.2, -0.15) is 0 Å². The van der Waals surface area contributed by atoms with Crippen LogP contribution < -0.4 is 10.6 Å². The van der Waals surface area contributed by atoms with Crippen molar-refractivity contribution in [3.8, 4) is 0 Å². The summed E-state index contributed by atoms with van der Waals surface area (Å²) in [6.45, 7) is 7.40. The minimum Gasteiger partial charge on any atom is -0.356 e. The summed E-state index contributed by atoms with van der Waals surface area (Å²) >= 11 is 5.82. The molecule has 1 aliphatic rings. The van der Waals surface area contributed by atoms with Crippen LogP contribution in [0, 0.1) is 5.92 Å². The predicted octanol–water partition coefficient (Wildman–Crippen LogP) is 4.49. The van der Waals surface area contributed by atoms with Gasteiger partial charge in [-0.15, -0.1) is 24.0 Å². The van der Waals surface area contributed by atoms with Gasteiger partial charge in [-0.1, -0.05) is 48.9 Å². The van der Waals surface area contributed by atoms with E-state index in [0.717, 1.165) is 43.5 Å². The number of rotatable bonds is 7. The molecule has 30 heavy (non-hydrogen) atoms. The summed E-state index contributed by atoms with van der Waals surface area (Å²) in [5.74, 6) is 1.68. The number of guanidine groups is 1. The first-order valence-electron chi connectivity index (χ1n) is 10.5. The Kier molecular flexibility index (Phi) is 10.9. The van der Waals surface area contributed by atoms with Gasteiger partial charge in [0.05, 0.1) is 0 Å². The molecule has 0 atom stereocenters. The third kappa shape index (κ3) is 8.40. The average molecular weight is 542 g/mol. The van der Waals surface area contributed by atoms with E-state index in [-0.39, 0.29) is 24.0 Å². The van der Waals surface area contributed by atoms with Gasteiger partial charge in [0.2, 0.25) is 0 Å². The third-order valence-corrected chi connectivity index (χ3v) is 5.71. The lowest BCUT2D eigenvalue weighted by molar-refractivity contribution is 0.185. The Morgan fingerprint density at radius 1 is 1.07 bits per heavy atom. The molecule has 1 saturated heterocycles. The third-order valence-electron chi connectivity index (χ3n) is 5.48. The first-order valence-corrected chi connectivity index (χ1v) is 10.9. The average Bonchev–Trinajstić information content (AvgIpc) is 2.74. The van der Waals surface area contributed by atoms with Gasteiger partial charge in [0, 0.05) is 32.9 Å². The van der Waals surface area contributed by atoms with Crippen LogP contribution in [0.3, 0.4) is 0 Å². The maximum atomic E-state index is 5.82. The molecule has 1 aliphatic heterocycles. The molecule has 0 spiro atoms. The Morgan fingerprint density at radius 3 is 2.37 bits per heavy atom. The summed E-state index contributed by atoms with van der Waals surface area (Å²) in [5, 5.41) is 7.25. The number of likely N-dealkylation sites (tertiary alicyclic amines) is 1. The van der Waals surface area contributed by atoms with Crippen molar-refractivity contribution in [3.05, 3.63) is 64.4 Å². The molecule has 0 unspecified atom stereocenters. The van der Waals surface area contributed by atoms with E-state index >= 15 is 0 Å². The highest BCUT2D eigenvalue weighted by molar-refractivity contribution is 14.0. The normalized spacial score (nSPS) is 15.5. The van der Waals surface area contributed by atoms with Crippen molar-refractivity contribution < 1.29 is 0 Å². The summed E-state index contributed by atoms with van der Waals surface area (Å²) in [4.78, 5) is 11.0. The largest absolute Gasteiger partial charge is 0.356 e. The SMILES string of the molecule is CN=C(NCCc1ccc(Cl)nc1)NCc1ccc(CN2CCC(C)CC2)cc1.I. The quantitative estimate of drug-likeness (QED) is 0.235. The molecular formula is C23H33ClIN5. The first-order chi connectivity index (χ1) is 14.1. The molecule has 2 aromatic rings. The maximum Gasteiger partial charge on any atom is 0.191 e. The Balaban J connectivity index is 0.00000320. The van der Waals surface area contributed by atoms with Crippen LogP contribution in [0.25, 0.3) is 0 Å². The Hall–Kier alpha value is -1.38. The van der Waals surface area contributed by atoms with Gasteiger partial charge in [-0.05, 0) is 61.0 Å². The van der Waals surface area contributed by atoms with E-state index in [1.54, 1.807) is 7.05 Å². The van der Waals surface area contributed by atoms with Crippen molar-refractivity contribution in [1.29, 1.82) is 0 Å². The molecule has 1 fully saturated rings. The van der Waals surface area contributed by atoms with Crippen LogP contribution in [0.4, 0.5) is 0 Å². The molecular weight excluding hydrogens is 509 g/mol. The maximum absolute atomic E-state index is 5.82. The zero-order chi connectivity index (χ0) is 20.5. The highest BCUT2D eigenvalue weighted by Crippen LogP contribution is 2.18. The second kappa shape index (κ2) is 13.1. The lowest BCUT2D eigenvalue weighted by Crippen LogP contribution is -2.37.